The lowest BCUT2D eigenvalue weighted by atomic mass is 10.1. The van der Waals surface area contributed by atoms with Gasteiger partial charge in [-0.1, -0.05) is 17.3 Å². The first-order valence-electron chi connectivity index (χ1n) is 9.36. The highest BCUT2D eigenvalue weighted by Gasteiger charge is 2.20. The molecule has 1 heterocycles. The molecule has 10 nitrogen and oxygen atoms in total. The summed E-state index contributed by atoms with van der Waals surface area (Å²) in [6.45, 7) is 3.35. The van der Waals surface area contributed by atoms with Crippen LogP contribution in [0.15, 0.2) is 63.1 Å². The Hall–Kier alpha value is -3.86. The van der Waals surface area contributed by atoms with Gasteiger partial charge < -0.3 is 19.3 Å². The van der Waals surface area contributed by atoms with Crippen molar-refractivity contribution in [2.24, 2.45) is 5.10 Å². The summed E-state index contributed by atoms with van der Waals surface area (Å²) < 4.78 is 40.4. The van der Waals surface area contributed by atoms with Crippen molar-refractivity contribution in [2.75, 3.05) is 19.5 Å². The molecule has 0 fully saturated rings. The van der Waals surface area contributed by atoms with E-state index in [0.717, 1.165) is 0 Å². The zero-order valence-electron chi connectivity index (χ0n) is 17.9. The first-order chi connectivity index (χ1) is 15.2. The van der Waals surface area contributed by atoms with Gasteiger partial charge in [0.25, 0.3) is 15.9 Å². The van der Waals surface area contributed by atoms with Gasteiger partial charge in [0.2, 0.25) is 0 Å². The monoisotopic (exact) mass is 458 g/mol. The average molecular weight is 458 g/mol. The number of hydrogen-bond acceptors (Lipinski definition) is 8. The number of benzene rings is 2. The van der Waals surface area contributed by atoms with Crippen LogP contribution in [0.25, 0.3) is 0 Å². The molecule has 0 saturated carbocycles. The Kier molecular flexibility index (Phi) is 6.79. The summed E-state index contributed by atoms with van der Waals surface area (Å²) in [6, 6.07) is 12.6. The summed E-state index contributed by atoms with van der Waals surface area (Å²) in [4.78, 5) is 14.3. The van der Waals surface area contributed by atoms with Gasteiger partial charge >= 0.3 is 0 Å². The molecule has 0 aliphatic rings. The zero-order chi connectivity index (χ0) is 23.3. The summed E-state index contributed by atoms with van der Waals surface area (Å²) in [5.74, 6) is 0.728. The number of aryl methyl sites for hydroxylation is 1. The van der Waals surface area contributed by atoms with E-state index in [4.69, 9.17) is 14.0 Å². The van der Waals surface area contributed by atoms with Crippen LogP contribution in [0.3, 0.4) is 0 Å². The van der Waals surface area contributed by atoms with Gasteiger partial charge in [0.05, 0.1) is 19.9 Å². The minimum Gasteiger partial charge on any atom is -0.497 e. The maximum Gasteiger partial charge on any atom is 0.280 e. The molecule has 0 atom stereocenters. The highest BCUT2D eigenvalue weighted by atomic mass is 32.2. The number of nitrogens with one attached hydrogen (secondary N) is 2. The van der Waals surface area contributed by atoms with E-state index in [1.807, 2.05) is 0 Å². The standard InChI is InChI=1S/C21H22N4O6S/c1-13-11-18(24-31-13)21(26)22-16-7-5-15(6-8-16)14(2)23-25-32(27,28)20-10-9-17(29-3)12-19(20)30-4/h5-12,25H,1-4H3,(H,22,26)/b23-14+. The molecule has 0 unspecified atom stereocenters. The molecule has 2 N–H and O–H groups in total. The van der Waals surface area contributed by atoms with E-state index < -0.39 is 15.9 Å². The molecule has 0 aliphatic heterocycles. The number of hydrazone groups is 1. The Morgan fingerprint density at radius 3 is 2.38 bits per heavy atom. The number of rotatable bonds is 8. The van der Waals surface area contributed by atoms with E-state index >= 15 is 0 Å². The minimum atomic E-state index is -3.97. The van der Waals surface area contributed by atoms with Crippen molar-refractivity contribution in [3.8, 4) is 11.5 Å². The highest BCUT2D eigenvalue weighted by Crippen LogP contribution is 2.28. The second-order valence-electron chi connectivity index (χ2n) is 6.66. The maximum absolute atomic E-state index is 12.7. The Morgan fingerprint density at radius 1 is 1.06 bits per heavy atom. The number of hydrogen-bond donors (Lipinski definition) is 2. The maximum atomic E-state index is 12.7. The minimum absolute atomic E-state index is 0.0708. The van der Waals surface area contributed by atoms with E-state index in [0.29, 0.717) is 28.5 Å². The molecule has 1 amide bonds. The quantitative estimate of drug-likeness (QED) is 0.392. The molecule has 3 aromatic rings. The zero-order valence-corrected chi connectivity index (χ0v) is 18.7. The fourth-order valence-electron chi connectivity index (χ4n) is 2.70. The fourth-order valence-corrected chi connectivity index (χ4v) is 3.71. The van der Waals surface area contributed by atoms with Crippen molar-refractivity contribution in [1.82, 2.24) is 9.99 Å². The number of nitrogens with zero attached hydrogens (tertiary/aromatic N) is 2. The number of carbonyl (C=O) groups excluding carboxylic acids is 1. The van der Waals surface area contributed by atoms with Crippen molar-refractivity contribution in [3.05, 3.63) is 65.5 Å². The lowest BCUT2D eigenvalue weighted by Gasteiger charge is -2.11. The number of sulfonamides is 1. The predicted molar refractivity (Wildman–Crippen MR) is 118 cm³/mol. The smallest absolute Gasteiger partial charge is 0.280 e. The number of anilines is 1. The summed E-state index contributed by atoms with van der Waals surface area (Å²) in [5, 5.41) is 10.3. The van der Waals surface area contributed by atoms with Gasteiger partial charge in [0.15, 0.2) is 5.69 Å². The van der Waals surface area contributed by atoms with E-state index in [1.54, 1.807) is 38.1 Å². The molecular formula is C21H22N4O6S. The lowest BCUT2D eigenvalue weighted by Crippen LogP contribution is -2.20. The van der Waals surface area contributed by atoms with Gasteiger partial charge in [-0.3, -0.25) is 4.79 Å². The fraction of sp³-hybridized carbons (Fsp3) is 0.190. The van der Waals surface area contributed by atoms with E-state index in [1.165, 1.54) is 38.5 Å². The summed E-state index contributed by atoms with van der Waals surface area (Å²) in [5.41, 5.74) is 1.79. The molecule has 0 spiro atoms. The largest absolute Gasteiger partial charge is 0.497 e. The number of amides is 1. The Labute approximate surface area is 185 Å². The van der Waals surface area contributed by atoms with Crippen LogP contribution in [0.2, 0.25) is 0 Å². The topological polar surface area (TPSA) is 132 Å². The van der Waals surface area contributed by atoms with Crippen molar-refractivity contribution < 1.29 is 27.2 Å². The first-order valence-corrected chi connectivity index (χ1v) is 10.8. The normalized spacial score (nSPS) is 11.7. The third-order valence-electron chi connectivity index (χ3n) is 4.41. The first kappa shape index (κ1) is 22.8. The predicted octanol–water partition coefficient (Wildman–Crippen LogP) is 2.96. The van der Waals surface area contributed by atoms with Crippen LogP contribution >= 0.6 is 0 Å². The van der Waals surface area contributed by atoms with E-state index in [9.17, 15) is 13.2 Å². The number of carbonyl (C=O) groups is 1. The van der Waals surface area contributed by atoms with E-state index in [-0.39, 0.29) is 16.3 Å². The van der Waals surface area contributed by atoms with Gasteiger partial charge in [-0.25, -0.2) is 0 Å². The lowest BCUT2D eigenvalue weighted by molar-refractivity contribution is 0.101. The van der Waals surface area contributed by atoms with Gasteiger partial charge in [-0.05, 0) is 43.7 Å². The Bertz CT molecular complexity index is 1250. The molecule has 0 saturated heterocycles. The van der Waals surface area contributed by atoms with Crippen LogP contribution in [0.1, 0.15) is 28.7 Å². The molecule has 2 aromatic carbocycles. The van der Waals surface area contributed by atoms with Crippen molar-refractivity contribution in [1.29, 1.82) is 0 Å². The van der Waals surface area contributed by atoms with Crippen LogP contribution in [-0.2, 0) is 10.0 Å². The van der Waals surface area contributed by atoms with Crippen molar-refractivity contribution in [3.63, 3.8) is 0 Å². The van der Waals surface area contributed by atoms with Crippen LogP contribution in [0.4, 0.5) is 5.69 Å². The van der Waals surface area contributed by atoms with Crippen molar-refractivity contribution in [2.45, 2.75) is 18.7 Å². The second kappa shape index (κ2) is 9.52. The Morgan fingerprint density at radius 2 is 1.78 bits per heavy atom. The number of methoxy groups -OCH3 is 2. The SMILES string of the molecule is COc1ccc(S(=O)(=O)N/N=C(\C)c2ccc(NC(=O)c3cc(C)on3)cc2)c(OC)c1. The van der Waals surface area contributed by atoms with Crippen molar-refractivity contribution >= 4 is 27.3 Å². The molecule has 0 bridgehead atoms. The molecular weight excluding hydrogens is 436 g/mol. The van der Waals surface area contributed by atoms with Crippen LogP contribution in [-0.4, -0.2) is 39.4 Å². The van der Waals surface area contributed by atoms with Crippen LogP contribution in [0.5, 0.6) is 11.5 Å². The second-order valence-corrected chi connectivity index (χ2v) is 8.29. The molecule has 1 aromatic heterocycles. The average Bonchev–Trinajstić information content (AvgIpc) is 3.24. The van der Waals surface area contributed by atoms with Gasteiger partial charge in [0.1, 0.15) is 22.2 Å². The summed E-state index contributed by atoms with van der Waals surface area (Å²) in [7, 11) is -1.13. The van der Waals surface area contributed by atoms with Gasteiger partial charge in [-0.2, -0.15) is 18.4 Å². The Balaban J connectivity index is 1.71. The van der Waals surface area contributed by atoms with Gasteiger partial charge in [-0.15, -0.1) is 0 Å². The molecule has 0 aliphatic carbocycles. The molecule has 168 valence electrons. The number of ether oxygens (including phenoxy) is 2. The van der Waals surface area contributed by atoms with E-state index in [2.05, 4.69) is 20.4 Å². The molecule has 32 heavy (non-hydrogen) atoms. The third kappa shape index (κ3) is 5.24. The number of aromatic nitrogens is 1. The summed E-state index contributed by atoms with van der Waals surface area (Å²) >= 11 is 0. The molecule has 11 heteroatoms. The third-order valence-corrected chi connectivity index (χ3v) is 5.66. The van der Waals surface area contributed by atoms with Gasteiger partial charge in [0, 0.05) is 17.8 Å². The van der Waals surface area contributed by atoms with Crippen LogP contribution in [0, 0.1) is 6.92 Å². The van der Waals surface area contributed by atoms with Crippen LogP contribution < -0.4 is 19.6 Å². The highest BCUT2D eigenvalue weighted by molar-refractivity contribution is 7.89. The molecule has 3 rings (SSSR count). The summed E-state index contributed by atoms with van der Waals surface area (Å²) in [6.07, 6.45) is 0. The molecule has 0 radical (unpaired) electrons.